The van der Waals surface area contributed by atoms with E-state index in [4.69, 9.17) is 0 Å². The van der Waals surface area contributed by atoms with Crippen LogP contribution in [0.25, 0.3) is 0 Å². The van der Waals surface area contributed by atoms with Crippen LogP contribution in [0.1, 0.15) is 6.42 Å². The highest BCUT2D eigenvalue weighted by atomic mass is 32.2. The summed E-state index contributed by atoms with van der Waals surface area (Å²) >= 11 is 0. The fraction of sp³-hybridized carbons (Fsp3) is 0.467. The van der Waals surface area contributed by atoms with Gasteiger partial charge >= 0.3 is 0 Å². The molecule has 0 spiro atoms. The fourth-order valence-electron chi connectivity index (χ4n) is 4.05. The topological polar surface area (TPSA) is 37.4 Å². The molecule has 2 aliphatic carbocycles. The van der Waals surface area contributed by atoms with E-state index in [1.165, 1.54) is 6.42 Å². The Labute approximate surface area is 114 Å². The van der Waals surface area contributed by atoms with Crippen molar-refractivity contribution in [1.82, 2.24) is 4.31 Å². The molecule has 2 fully saturated rings. The van der Waals surface area contributed by atoms with Crippen molar-refractivity contribution in [2.45, 2.75) is 11.3 Å². The molecule has 0 N–H and O–H groups in total. The predicted molar refractivity (Wildman–Crippen MR) is 72.9 cm³/mol. The lowest BCUT2D eigenvalue weighted by molar-refractivity contribution is 0.395. The van der Waals surface area contributed by atoms with Crippen LogP contribution >= 0.6 is 0 Å². The van der Waals surface area contributed by atoms with Gasteiger partial charge in [-0.25, -0.2) is 8.42 Å². The Balaban J connectivity index is 1.63. The van der Waals surface area contributed by atoms with Crippen LogP contribution in [0.3, 0.4) is 0 Å². The van der Waals surface area contributed by atoms with Gasteiger partial charge < -0.3 is 0 Å². The summed E-state index contributed by atoms with van der Waals surface area (Å²) in [7, 11) is -3.29. The largest absolute Gasteiger partial charge is 0.243 e. The van der Waals surface area contributed by atoms with Crippen LogP contribution in [0.5, 0.6) is 0 Å². The second-order valence-electron chi connectivity index (χ2n) is 5.91. The Hall–Kier alpha value is -1.13. The van der Waals surface area contributed by atoms with Crippen LogP contribution in [0.4, 0.5) is 0 Å². The summed E-state index contributed by atoms with van der Waals surface area (Å²) in [6.45, 7) is 1.40. The van der Waals surface area contributed by atoms with Crippen molar-refractivity contribution in [2.24, 2.45) is 23.7 Å². The summed E-state index contributed by atoms with van der Waals surface area (Å²) < 4.78 is 26.9. The Morgan fingerprint density at radius 3 is 2.11 bits per heavy atom. The highest BCUT2D eigenvalue weighted by Crippen LogP contribution is 2.52. The number of nitrogens with zero attached hydrogens (tertiary/aromatic N) is 1. The zero-order valence-corrected chi connectivity index (χ0v) is 11.5. The fourth-order valence-corrected chi connectivity index (χ4v) is 5.59. The first kappa shape index (κ1) is 11.7. The lowest BCUT2D eigenvalue weighted by atomic mass is 9.86. The Morgan fingerprint density at radius 1 is 0.947 bits per heavy atom. The minimum atomic E-state index is -3.29. The number of sulfonamides is 1. The van der Waals surface area contributed by atoms with Crippen LogP contribution in [0.15, 0.2) is 47.4 Å². The highest BCUT2D eigenvalue weighted by Gasteiger charge is 2.51. The third-order valence-corrected chi connectivity index (χ3v) is 6.86. The van der Waals surface area contributed by atoms with E-state index in [-0.39, 0.29) is 0 Å². The molecule has 1 saturated carbocycles. The van der Waals surface area contributed by atoms with Gasteiger partial charge in [-0.15, -0.1) is 0 Å². The maximum absolute atomic E-state index is 12.6. The molecule has 1 aromatic carbocycles. The van der Waals surface area contributed by atoms with E-state index >= 15 is 0 Å². The summed E-state index contributed by atoms with van der Waals surface area (Å²) in [6.07, 6.45) is 5.84. The van der Waals surface area contributed by atoms with Gasteiger partial charge in [0.25, 0.3) is 0 Å². The quantitative estimate of drug-likeness (QED) is 0.775. The summed E-state index contributed by atoms with van der Waals surface area (Å²) in [5.41, 5.74) is 0. The van der Waals surface area contributed by atoms with Gasteiger partial charge in [-0.1, -0.05) is 30.4 Å². The van der Waals surface area contributed by atoms with Crippen LogP contribution < -0.4 is 0 Å². The minimum absolute atomic E-state index is 0.426. The number of hydrogen-bond acceptors (Lipinski definition) is 2. The summed E-state index contributed by atoms with van der Waals surface area (Å²) in [5.74, 6) is 2.33. The molecule has 0 aromatic heterocycles. The number of allylic oxidation sites excluding steroid dienone is 2. The van der Waals surface area contributed by atoms with Crippen LogP contribution in [-0.4, -0.2) is 25.8 Å². The number of benzene rings is 1. The van der Waals surface area contributed by atoms with E-state index in [2.05, 4.69) is 12.2 Å². The first-order chi connectivity index (χ1) is 9.16. The van der Waals surface area contributed by atoms with Crippen molar-refractivity contribution in [3.05, 3.63) is 42.5 Å². The third kappa shape index (κ3) is 1.63. The molecule has 4 heteroatoms. The third-order valence-electron chi connectivity index (χ3n) is 5.01. The standard InChI is InChI=1S/C15H17NO2S/c17-19(18,13-4-2-1-3-5-13)16-9-14-11-6-7-12(8-11)15(14)10-16/h1-7,11-12,14-15H,8-10H2. The average Bonchev–Trinajstić information content (AvgIpc) is 3.12. The van der Waals surface area contributed by atoms with Gasteiger partial charge in [0.05, 0.1) is 4.90 Å². The second kappa shape index (κ2) is 3.93. The molecule has 19 heavy (non-hydrogen) atoms. The van der Waals surface area contributed by atoms with E-state index in [1.807, 2.05) is 6.07 Å². The molecule has 1 saturated heterocycles. The first-order valence-corrected chi connectivity index (χ1v) is 8.34. The number of fused-ring (bicyclic) bond motifs is 5. The average molecular weight is 275 g/mol. The van der Waals surface area contributed by atoms with E-state index in [0.717, 1.165) is 0 Å². The Kier molecular flexibility index (Phi) is 2.42. The van der Waals surface area contributed by atoms with Crippen molar-refractivity contribution < 1.29 is 8.42 Å². The summed E-state index contributed by atoms with van der Waals surface area (Å²) in [4.78, 5) is 0.426. The smallest absolute Gasteiger partial charge is 0.207 e. The molecule has 100 valence electrons. The minimum Gasteiger partial charge on any atom is -0.207 e. The zero-order valence-electron chi connectivity index (χ0n) is 10.6. The lowest BCUT2D eigenvalue weighted by Crippen LogP contribution is -2.30. The van der Waals surface area contributed by atoms with Gasteiger partial charge in [0.15, 0.2) is 0 Å². The molecule has 0 amide bonds. The van der Waals surface area contributed by atoms with Crippen LogP contribution in [-0.2, 0) is 10.0 Å². The second-order valence-corrected chi connectivity index (χ2v) is 7.85. The van der Waals surface area contributed by atoms with Gasteiger partial charge in [0, 0.05) is 13.1 Å². The van der Waals surface area contributed by atoms with Crippen molar-refractivity contribution >= 4 is 10.0 Å². The predicted octanol–water partition coefficient (Wildman–Crippen LogP) is 2.13. The molecule has 1 aliphatic heterocycles. The monoisotopic (exact) mass is 275 g/mol. The Morgan fingerprint density at radius 2 is 1.53 bits per heavy atom. The van der Waals surface area contributed by atoms with Gasteiger partial charge in [-0.05, 0) is 42.2 Å². The molecular formula is C15H17NO2S. The normalized spacial score (nSPS) is 36.8. The molecule has 0 radical (unpaired) electrons. The molecule has 1 aromatic rings. The van der Waals surface area contributed by atoms with E-state index in [0.29, 0.717) is 41.7 Å². The molecule has 1 heterocycles. The SMILES string of the molecule is O=S(=O)(c1ccccc1)N1CC2C3C=CC(C3)C2C1. The van der Waals surface area contributed by atoms with E-state index < -0.39 is 10.0 Å². The summed E-state index contributed by atoms with van der Waals surface area (Å²) in [6, 6.07) is 8.80. The van der Waals surface area contributed by atoms with Crippen LogP contribution in [0, 0.1) is 23.7 Å². The van der Waals surface area contributed by atoms with Crippen molar-refractivity contribution in [3.8, 4) is 0 Å². The number of rotatable bonds is 2. The van der Waals surface area contributed by atoms with Gasteiger partial charge in [-0.2, -0.15) is 4.31 Å². The van der Waals surface area contributed by atoms with E-state index in [9.17, 15) is 8.42 Å². The molecule has 3 aliphatic rings. The maximum Gasteiger partial charge on any atom is 0.243 e. The molecule has 2 bridgehead atoms. The Bertz CT molecular complexity index is 603. The van der Waals surface area contributed by atoms with Crippen LogP contribution in [0.2, 0.25) is 0 Å². The van der Waals surface area contributed by atoms with Gasteiger partial charge in [-0.3, -0.25) is 0 Å². The molecular weight excluding hydrogens is 258 g/mol. The first-order valence-electron chi connectivity index (χ1n) is 6.90. The number of hydrogen-bond donors (Lipinski definition) is 0. The zero-order chi connectivity index (χ0) is 13.0. The van der Waals surface area contributed by atoms with Crippen molar-refractivity contribution in [2.75, 3.05) is 13.1 Å². The highest BCUT2D eigenvalue weighted by molar-refractivity contribution is 7.89. The molecule has 4 atom stereocenters. The van der Waals surface area contributed by atoms with Crippen molar-refractivity contribution in [1.29, 1.82) is 0 Å². The molecule has 4 rings (SSSR count). The lowest BCUT2D eigenvalue weighted by Gasteiger charge is -2.18. The molecule has 3 nitrogen and oxygen atoms in total. The van der Waals surface area contributed by atoms with Crippen molar-refractivity contribution in [3.63, 3.8) is 0 Å². The molecule has 4 unspecified atom stereocenters. The van der Waals surface area contributed by atoms with Gasteiger partial charge in [0.2, 0.25) is 10.0 Å². The van der Waals surface area contributed by atoms with Gasteiger partial charge in [0.1, 0.15) is 0 Å². The maximum atomic E-state index is 12.6. The summed E-state index contributed by atoms with van der Waals surface area (Å²) in [5, 5.41) is 0. The van der Waals surface area contributed by atoms with E-state index in [1.54, 1.807) is 28.6 Å².